The minimum Gasteiger partial charge on any atom is -0.507 e. The van der Waals surface area contributed by atoms with Gasteiger partial charge in [-0.3, -0.25) is 14.5 Å². The van der Waals surface area contributed by atoms with E-state index in [0.29, 0.717) is 34.1 Å². The summed E-state index contributed by atoms with van der Waals surface area (Å²) in [4.78, 5) is 28.2. The second-order valence-corrected chi connectivity index (χ2v) is 8.52. The number of ether oxygens (including phenoxy) is 2. The number of methoxy groups -OCH3 is 2. The smallest absolute Gasteiger partial charge is 0.300 e. The van der Waals surface area contributed by atoms with E-state index in [0.717, 1.165) is 11.3 Å². The van der Waals surface area contributed by atoms with E-state index in [1.54, 1.807) is 72.8 Å². The van der Waals surface area contributed by atoms with Crippen molar-refractivity contribution in [3.05, 3.63) is 101 Å². The van der Waals surface area contributed by atoms with Gasteiger partial charge >= 0.3 is 0 Å². The molecule has 1 aliphatic heterocycles. The lowest BCUT2D eigenvalue weighted by molar-refractivity contribution is -0.132. The van der Waals surface area contributed by atoms with Gasteiger partial charge in [0.15, 0.2) is 5.76 Å². The molecule has 1 saturated heterocycles. The minimum absolute atomic E-state index is 0.0328. The van der Waals surface area contributed by atoms with Gasteiger partial charge in [-0.1, -0.05) is 23.4 Å². The Labute approximate surface area is 213 Å². The zero-order valence-corrected chi connectivity index (χ0v) is 20.5. The molecular weight excluding hydrogens is 472 g/mol. The van der Waals surface area contributed by atoms with Crippen molar-refractivity contribution in [1.29, 1.82) is 0 Å². The molecule has 5 rings (SSSR count). The van der Waals surface area contributed by atoms with Gasteiger partial charge in [-0.25, -0.2) is 0 Å². The third-order valence-electron chi connectivity index (χ3n) is 6.30. The number of aliphatic hydroxyl groups excluding tert-OH is 1. The zero-order valence-electron chi connectivity index (χ0n) is 20.5. The quantitative estimate of drug-likeness (QED) is 0.220. The molecule has 1 amide bonds. The standard InChI is InChI=1S/C29H24N2O6/c1-17-16-24(37-30-17)18-8-12-20(13-9-18)31-26(22-6-4-5-7-23(22)36-3)25(28(33)29(31)34)27(32)19-10-14-21(35-2)15-11-19/h4-16,26,32H,1-3H3. The number of anilines is 1. The van der Waals surface area contributed by atoms with Gasteiger partial charge in [0.1, 0.15) is 17.3 Å². The molecule has 2 heterocycles. The van der Waals surface area contributed by atoms with Crippen LogP contribution in [0.5, 0.6) is 11.5 Å². The molecule has 0 bridgehead atoms. The number of rotatable bonds is 6. The van der Waals surface area contributed by atoms with Crippen molar-refractivity contribution in [3.63, 3.8) is 0 Å². The molecule has 1 atom stereocenters. The summed E-state index contributed by atoms with van der Waals surface area (Å²) >= 11 is 0. The fourth-order valence-corrected chi connectivity index (χ4v) is 4.48. The summed E-state index contributed by atoms with van der Waals surface area (Å²) < 4.78 is 16.1. The van der Waals surface area contributed by atoms with Gasteiger partial charge in [-0.2, -0.15) is 0 Å². The van der Waals surface area contributed by atoms with Crippen LogP contribution in [-0.4, -0.2) is 36.2 Å². The van der Waals surface area contributed by atoms with Gasteiger partial charge in [0.25, 0.3) is 11.7 Å². The number of ketones is 1. The van der Waals surface area contributed by atoms with Crippen LogP contribution >= 0.6 is 0 Å². The summed E-state index contributed by atoms with van der Waals surface area (Å²) in [5, 5.41) is 15.2. The predicted octanol–water partition coefficient (Wildman–Crippen LogP) is 5.29. The number of aliphatic hydroxyl groups is 1. The molecule has 1 N–H and O–H groups in total. The van der Waals surface area contributed by atoms with Crippen molar-refractivity contribution < 1.29 is 28.7 Å². The molecule has 0 spiro atoms. The van der Waals surface area contributed by atoms with Crippen molar-refractivity contribution >= 4 is 23.1 Å². The normalized spacial score (nSPS) is 16.7. The van der Waals surface area contributed by atoms with Crippen molar-refractivity contribution in [3.8, 4) is 22.8 Å². The molecule has 1 aromatic heterocycles. The Hall–Kier alpha value is -4.85. The topological polar surface area (TPSA) is 102 Å². The van der Waals surface area contributed by atoms with Crippen LogP contribution in [0.2, 0.25) is 0 Å². The molecule has 37 heavy (non-hydrogen) atoms. The molecule has 0 saturated carbocycles. The predicted molar refractivity (Wildman–Crippen MR) is 137 cm³/mol. The maximum atomic E-state index is 13.4. The molecule has 0 aliphatic carbocycles. The fourth-order valence-electron chi connectivity index (χ4n) is 4.48. The number of amides is 1. The SMILES string of the molecule is COc1ccc(C(O)=C2C(=O)C(=O)N(c3ccc(-c4cc(C)no4)cc3)C2c2ccccc2OC)cc1. The number of aromatic nitrogens is 1. The van der Waals surface area contributed by atoms with Crippen molar-refractivity contribution in [2.45, 2.75) is 13.0 Å². The van der Waals surface area contributed by atoms with E-state index in [1.807, 2.05) is 13.0 Å². The number of aryl methyl sites for hydroxylation is 1. The summed E-state index contributed by atoms with van der Waals surface area (Å²) in [6.07, 6.45) is 0. The van der Waals surface area contributed by atoms with Crippen LogP contribution in [-0.2, 0) is 9.59 Å². The summed E-state index contributed by atoms with van der Waals surface area (Å²) in [6, 6.07) is 21.7. The van der Waals surface area contributed by atoms with Crippen LogP contribution in [0, 0.1) is 6.92 Å². The van der Waals surface area contributed by atoms with E-state index in [9.17, 15) is 14.7 Å². The van der Waals surface area contributed by atoms with E-state index >= 15 is 0 Å². The number of hydrogen-bond acceptors (Lipinski definition) is 7. The van der Waals surface area contributed by atoms with E-state index in [1.165, 1.54) is 19.1 Å². The van der Waals surface area contributed by atoms with Crippen LogP contribution in [0.1, 0.15) is 22.9 Å². The van der Waals surface area contributed by atoms with Gasteiger partial charge in [0.05, 0.1) is 31.5 Å². The number of carbonyl (C=O) groups is 2. The first-order valence-corrected chi connectivity index (χ1v) is 11.5. The lowest BCUT2D eigenvalue weighted by atomic mass is 9.94. The summed E-state index contributed by atoms with van der Waals surface area (Å²) in [7, 11) is 3.06. The monoisotopic (exact) mass is 496 g/mol. The Morgan fingerprint density at radius 2 is 1.65 bits per heavy atom. The van der Waals surface area contributed by atoms with Crippen molar-refractivity contribution in [2.24, 2.45) is 0 Å². The summed E-state index contributed by atoms with van der Waals surface area (Å²) in [5.74, 6) is -0.164. The maximum absolute atomic E-state index is 13.4. The summed E-state index contributed by atoms with van der Waals surface area (Å²) in [6.45, 7) is 1.83. The Morgan fingerprint density at radius 3 is 2.27 bits per heavy atom. The second kappa shape index (κ2) is 9.66. The summed E-state index contributed by atoms with van der Waals surface area (Å²) in [5.41, 5.74) is 2.91. The number of carbonyl (C=O) groups excluding carboxylic acids is 2. The van der Waals surface area contributed by atoms with Crippen molar-refractivity contribution in [2.75, 3.05) is 19.1 Å². The highest BCUT2D eigenvalue weighted by molar-refractivity contribution is 6.51. The highest BCUT2D eigenvalue weighted by Gasteiger charge is 2.47. The number of hydrogen-bond donors (Lipinski definition) is 1. The molecule has 3 aromatic carbocycles. The largest absolute Gasteiger partial charge is 0.507 e. The molecular formula is C29H24N2O6. The first-order valence-electron chi connectivity index (χ1n) is 11.5. The van der Waals surface area contributed by atoms with Gasteiger partial charge in [-0.05, 0) is 61.5 Å². The van der Waals surface area contributed by atoms with Gasteiger partial charge in [-0.15, -0.1) is 0 Å². The first-order chi connectivity index (χ1) is 17.9. The number of para-hydroxylation sites is 1. The lowest BCUT2D eigenvalue weighted by Crippen LogP contribution is -2.29. The highest BCUT2D eigenvalue weighted by Crippen LogP contribution is 2.45. The average molecular weight is 497 g/mol. The molecule has 1 fully saturated rings. The van der Waals surface area contributed by atoms with Crippen molar-refractivity contribution in [1.82, 2.24) is 5.16 Å². The fraction of sp³-hybridized carbons (Fsp3) is 0.138. The molecule has 1 aliphatic rings. The van der Waals surface area contributed by atoms with E-state index in [4.69, 9.17) is 14.0 Å². The Balaban J connectivity index is 1.66. The first kappa shape index (κ1) is 23.9. The Morgan fingerprint density at radius 1 is 0.946 bits per heavy atom. The number of nitrogens with zero attached hydrogens (tertiary/aromatic N) is 2. The van der Waals surface area contributed by atoms with Crippen LogP contribution in [0.25, 0.3) is 17.1 Å². The Bertz CT molecular complexity index is 1500. The minimum atomic E-state index is -0.920. The number of benzene rings is 3. The van der Waals surface area contributed by atoms with Crippen LogP contribution in [0.3, 0.4) is 0 Å². The van der Waals surface area contributed by atoms with Gasteiger partial charge in [0, 0.05) is 28.4 Å². The number of Topliss-reactive ketones (excluding diaryl/α,β-unsaturated/α-hetero) is 1. The lowest BCUT2D eigenvalue weighted by Gasteiger charge is -2.26. The molecule has 8 nitrogen and oxygen atoms in total. The molecule has 4 aromatic rings. The third kappa shape index (κ3) is 4.23. The Kier molecular flexibility index (Phi) is 6.23. The second-order valence-electron chi connectivity index (χ2n) is 8.52. The maximum Gasteiger partial charge on any atom is 0.300 e. The molecule has 186 valence electrons. The molecule has 0 radical (unpaired) electrons. The third-order valence-corrected chi connectivity index (χ3v) is 6.30. The average Bonchev–Trinajstić information content (AvgIpc) is 3.49. The van der Waals surface area contributed by atoms with Gasteiger partial charge in [0.2, 0.25) is 0 Å². The zero-order chi connectivity index (χ0) is 26.1. The van der Waals surface area contributed by atoms with Crippen LogP contribution in [0.4, 0.5) is 5.69 Å². The van der Waals surface area contributed by atoms with E-state index in [2.05, 4.69) is 5.16 Å². The van der Waals surface area contributed by atoms with Crippen LogP contribution in [0.15, 0.2) is 89.0 Å². The van der Waals surface area contributed by atoms with Crippen LogP contribution < -0.4 is 14.4 Å². The highest BCUT2D eigenvalue weighted by atomic mass is 16.5. The van der Waals surface area contributed by atoms with E-state index in [-0.39, 0.29) is 11.3 Å². The molecule has 8 heteroatoms. The van der Waals surface area contributed by atoms with Gasteiger partial charge < -0.3 is 19.1 Å². The van der Waals surface area contributed by atoms with E-state index < -0.39 is 17.7 Å². The molecule has 1 unspecified atom stereocenters.